The van der Waals surface area contributed by atoms with Gasteiger partial charge in [-0.3, -0.25) is 0 Å². The van der Waals surface area contributed by atoms with Gasteiger partial charge in [0.05, 0.1) is 11.6 Å². The first kappa shape index (κ1) is 14.8. The summed E-state index contributed by atoms with van der Waals surface area (Å²) < 4.78 is 18.8. The average Bonchev–Trinajstić information content (AvgIpc) is 2.22. The Hall–Kier alpha value is -0.280. The largest absolute Gasteiger partial charge is 0.493 e. The lowest BCUT2D eigenvalue weighted by Crippen LogP contribution is -2.27. The van der Waals surface area contributed by atoms with Crippen molar-refractivity contribution in [2.24, 2.45) is 11.3 Å². The Morgan fingerprint density at radius 2 is 2.06 bits per heavy atom. The molecule has 0 aliphatic rings. The lowest BCUT2D eigenvalue weighted by Gasteiger charge is -2.28. The topological polar surface area (TPSA) is 9.23 Å². The third-order valence-electron chi connectivity index (χ3n) is 2.75. The second-order valence-electron chi connectivity index (χ2n) is 5.10. The van der Waals surface area contributed by atoms with E-state index in [1.165, 1.54) is 12.1 Å². The fourth-order valence-corrected chi connectivity index (χ4v) is 2.57. The van der Waals surface area contributed by atoms with E-state index in [2.05, 4.69) is 36.7 Å². The summed E-state index contributed by atoms with van der Waals surface area (Å²) >= 11 is 9.08. The van der Waals surface area contributed by atoms with Crippen LogP contribution < -0.4 is 4.74 Å². The van der Waals surface area contributed by atoms with Crippen LogP contribution in [-0.4, -0.2) is 11.9 Å². The molecular weight excluding hydrogens is 306 g/mol. The van der Waals surface area contributed by atoms with Gasteiger partial charge in [0.15, 0.2) is 0 Å². The summed E-state index contributed by atoms with van der Waals surface area (Å²) in [6, 6.07) is 4.50. The van der Waals surface area contributed by atoms with Gasteiger partial charge in [0.25, 0.3) is 0 Å². The molecule has 0 fully saturated rings. The van der Waals surface area contributed by atoms with E-state index in [9.17, 15) is 4.39 Å². The van der Waals surface area contributed by atoms with Gasteiger partial charge in [-0.05, 0) is 17.5 Å². The van der Waals surface area contributed by atoms with Gasteiger partial charge >= 0.3 is 0 Å². The van der Waals surface area contributed by atoms with Gasteiger partial charge < -0.3 is 4.74 Å². The Morgan fingerprint density at radius 1 is 1.41 bits per heavy atom. The second-order valence-corrected chi connectivity index (χ2v) is 6.16. The minimum Gasteiger partial charge on any atom is -0.493 e. The summed E-state index contributed by atoms with van der Waals surface area (Å²) in [6.45, 7) is 7.02. The minimum atomic E-state index is -0.449. The number of alkyl halides is 1. The number of rotatable bonds is 4. The molecule has 1 atom stereocenters. The van der Waals surface area contributed by atoms with E-state index in [0.29, 0.717) is 18.3 Å². The molecule has 0 radical (unpaired) electrons. The maximum atomic E-state index is 13.2. The number of hydrogen-bond acceptors (Lipinski definition) is 1. The zero-order valence-electron chi connectivity index (χ0n) is 10.3. The van der Waals surface area contributed by atoms with Gasteiger partial charge in [-0.15, -0.1) is 0 Å². The second kappa shape index (κ2) is 6.05. The fourth-order valence-electron chi connectivity index (χ4n) is 1.29. The number of ether oxygens (including phenoxy) is 1. The Labute approximate surface area is 115 Å². The van der Waals surface area contributed by atoms with Crippen LogP contribution in [0.15, 0.2) is 18.2 Å². The standard InChI is InChI=1S/C13H17BrClFO/c1-13(2,3)9(7-14)8-17-10-4-5-11(15)12(16)6-10/h4-6,9H,7-8H2,1-3H3. The van der Waals surface area contributed by atoms with Gasteiger partial charge in [-0.25, -0.2) is 4.39 Å². The van der Waals surface area contributed by atoms with Crippen molar-refractivity contribution in [2.75, 3.05) is 11.9 Å². The lowest BCUT2D eigenvalue weighted by atomic mass is 9.83. The van der Waals surface area contributed by atoms with E-state index < -0.39 is 5.82 Å². The van der Waals surface area contributed by atoms with Crippen LogP contribution in [0, 0.1) is 17.2 Å². The van der Waals surface area contributed by atoms with Gasteiger partial charge in [-0.2, -0.15) is 0 Å². The van der Waals surface area contributed by atoms with Gasteiger partial charge in [0.2, 0.25) is 0 Å². The molecule has 1 nitrogen and oxygen atoms in total. The molecular formula is C13H17BrClFO. The van der Waals surface area contributed by atoms with E-state index >= 15 is 0 Å². The number of hydrogen-bond donors (Lipinski definition) is 0. The summed E-state index contributed by atoms with van der Waals surface area (Å²) in [7, 11) is 0. The van der Waals surface area contributed by atoms with Crippen LogP contribution in [0.5, 0.6) is 5.75 Å². The molecule has 0 saturated carbocycles. The summed E-state index contributed by atoms with van der Waals surface area (Å²) in [5, 5.41) is 0.970. The fraction of sp³-hybridized carbons (Fsp3) is 0.538. The summed E-state index contributed by atoms with van der Waals surface area (Å²) in [5.74, 6) is 0.429. The molecule has 0 spiro atoms. The highest BCUT2D eigenvalue weighted by Gasteiger charge is 2.24. The molecule has 0 heterocycles. The summed E-state index contributed by atoms with van der Waals surface area (Å²) in [5.41, 5.74) is 0.147. The maximum Gasteiger partial charge on any atom is 0.145 e. The molecule has 1 rings (SSSR count). The van der Waals surface area contributed by atoms with Crippen molar-refractivity contribution in [3.05, 3.63) is 29.0 Å². The van der Waals surface area contributed by atoms with Gasteiger partial charge in [0.1, 0.15) is 11.6 Å². The van der Waals surface area contributed by atoms with Crippen LogP contribution in [0.3, 0.4) is 0 Å². The third kappa shape index (κ3) is 4.47. The molecule has 1 aromatic carbocycles. The van der Waals surface area contributed by atoms with Crippen LogP contribution in [0.4, 0.5) is 4.39 Å². The van der Waals surface area contributed by atoms with Crippen LogP contribution in [-0.2, 0) is 0 Å². The minimum absolute atomic E-state index is 0.116. The first-order chi connectivity index (χ1) is 7.84. The van der Waals surface area contributed by atoms with Crippen LogP contribution in [0.1, 0.15) is 20.8 Å². The van der Waals surface area contributed by atoms with Crippen molar-refractivity contribution in [3.8, 4) is 5.75 Å². The Bertz CT molecular complexity index is 376. The SMILES string of the molecule is CC(C)(C)C(CBr)COc1ccc(Cl)c(F)c1. The zero-order chi connectivity index (χ0) is 13.1. The van der Waals surface area contributed by atoms with Crippen LogP contribution in [0.2, 0.25) is 5.02 Å². The first-order valence-electron chi connectivity index (χ1n) is 5.48. The third-order valence-corrected chi connectivity index (χ3v) is 3.84. The average molecular weight is 324 g/mol. The van der Waals surface area contributed by atoms with Crippen molar-refractivity contribution in [3.63, 3.8) is 0 Å². The highest BCUT2D eigenvalue weighted by molar-refractivity contribution is 9.09. The van der Waals surface area contributed by atoms with Crippen molar-refractivity contribution >= 4 is 27.5 Å². The quantitative estimate of drug-likeness (QED) is 0.715. The smallest absolute Gasteiger partial charge is 0.145 e. The van der Waals surface area contributed by atoms with Gasteiger partial charge in [0, 0.05) is 17.3 Å². The Morgan fingerprint density at radius 3 is 2.53 bits per heavy atom. The normalized spacial score (nSPS) is 13.5. The molecule has 0 aromatic heterocycles. The maximum absolute atomic E-state index is 13.2. The molecule has 0 bridgehead atoms. The molecule has 1 aromatic rings. The van der Waals surface area contributed by atoms with E-state index in [4.69, 9.17) is 16.3 Å². The molecule has 96 valence electrons. The molecule has 0 N–H and O–H groups in total. The predicted molar refractivity (Wildman–Crippen MR) is 73.6 cm³/mol. The number of halogens is 3. The molecule has 4 heteroatoms. The molecule has 0 aliphatic carbocycles. The summed E-state index contributed by atoms with van der Waals surface area (Å²) in [6.07, 6.45) is 0. The monoisotopic (exact) mass is 322 g/mol. The predicted octanol–water partition coefficient (Wildman–Crippen LogP) is 4.92. The zero-order valence-corrected chi connectivity index (χ0v) is 12.6. The summed E-state index contributed by atoms with van der Waals surface area (Å²) in [4.78, 5) is 0. The highest BCUT2D eigenvalue weighted by atomic mass is 79.9. The van der Waals surface area contributed by atoms with E-state index in [1.54, 1.807) is 6.07 Å². The first-order valence-corrected chi connectivity index (χ1v) is 6.98. The highest BCUT2D eigenvalue weighted by Crippen LogP contribution is 2.29. The molecule has 0 saturated heterocycles. The van der Waals surface area contributed by atoms with E-state index in [-0.39, 0.29) is 10.4 Å². The Balaban J connectivity index is 2.63. The number of benzene rings is 1. The van der Waals surface area contributed by atoms with Crippen molar-refractivity contribution in [1.29, 1.82) is 0 Å². The Kier molecular flexibility index (Phi) is 5.26. The van der Waals surface area contributed by atoms with Crippen molar-refractivity contribution in [1.82, 2.24) is 0 Å². The molecule has 1 unspecified atom stereocenters. The van der Waals surface area contributed by atoms with E-state index in [1.807, 2.05) is 0 Å². The van der Waals surface area contributed by atoms with Crippen LogP contribution >= 0.6 is 27.5 Å². The van der Waals surface area contributed by atoms with Crippen LogP contribution in [0.25, 0.3) is 0 Å². The molecule has 0 amide bonds. The molecule has 0 aliphatic heterocycles. The lowest BCUT2D eigenvalue weighted by molar-refractivity contribution is 0.165. The van der Waals surface area contributed by atoms with Crippen molar-refractivity contribution < 1.29 is 9.13 Å². The molecule has 17 heavy (non-hydrogen) atoms. The van der Waals surface area contributed by atoms with Gasteiger partial charge in [-0.1, -0.05) is 48.3 Å². The van der Waals surface area contributed by atoms with Crippen molar-refractivity contribution in [2.45, 2.75) is 20.8 Å². The van der Waals surface area contributed by atoms with E-state index in [0.717, 1.165) is 5.33 Å².